The average Bonchev–Trinajstić information content (AvgIpc) is 2.46. The average molecular weight is 291 g/mol. The number of nitrogens with one attached hydrogen (secondary N) is 2. The molecule has 0 aliphatic carbocycles. The molecule has 0 fully saturated rings. The third-order valence-corrected chi connectivity index (χ3v) is 3.23. The Morgan fingerprint density at radius 2 is 2.15 bits per heavy atom. The van der Waals surface area contributed by atoms with E-state index in [9.17, 15) is 4.79 Å². The maximum absolute atomic E-state index is 12.0. The largest absolute Gasteiger partial charge is 0.348 e. The normalized spacial score (nSPS) is 10.2. The van der Waals surface area contributed by atoms with Crippen molar-refractivity contribution in [2.75, 3.05) is 5.43 Å². The maximum Gasteiger partial charge on any atom is 0.253 e. The van der Waals surface area contributed by atoms with Gasteiger partial charge >= 0.3 is 0 Å². The molecule has 6 heteroatoms. The summed E-state index contributed by atoms with van der Waals surface area (Å²) in [5.74, 6) is 5.34. The van der Waals surface area contributed by atoms with E-state index >= 15 is 0 Å². The fourth-order valence-corrected chi connectivity index (χ4v) is 1.98. The van der Waals surface area contributed by atoms with Crippen molar-refractivity contribution in [3.63, 3.8) is 0 Å². The molecule has 1 amide bonds. The Hall–Kier alpha value is -2.11. The summed E-state index contributed by atoms with van der Waals surface area (Å²) in [6.07, 6.45) is 1.42. The van der Waals surface area contributed by atoms with Gasteiger partial charge in [-0.25, -0.2) is 10.8 Å². The summed E-state index contributed by atoms with van der Waals surface area (Å²) in [5.41, 5.74) is 4.94. The van der Waals surface area contributed by atoms with E-state index < -0.39 is 0 Å². The first-order valence-electron chi connectivity index (χ1n) is 6.06. The van der Waals surface area contributed by atoms with E-state index in [1.54, 1.807) is 0 Å². The van der Waals surface area contributed by atoms with Crippen molar-refractivity contribution in [3.05, 3.63) is 58.2 Å². The van der Waals surface area contributed by atoms with E-state index in [0.29, 0.717) is 22.9 Å². The molecule has 0 saturated carbocycles. The Bertz CT molecular complexity index is 630. The van der Waals surface area contributed by atoms with Crippen molar-refractivity contribution >= 4 is 23.3 Å². The molecule has 1 aromatic carbocycles. The molecular formula is C14H15ClN4O. The minimum absolute atomic E-state index is 0.230. The third-order valence-electron chi connectivity index (χ3n) is 2.94. The number of nitrogen functional groups attached to an aromatic ring is 1. The first kappa shape index (κ1) is 14.3. The second kappa shape index (κ2) is 6.36. The van der Waals surface area contributed by atoms with Crippen molar-refractivity contribution in [3.8, 4) is 0 Å². The summed E-state index contributed by atoms with van der Waals surface area (Å²) >= 11 is 5.93. The number of hydrogen-bond acceptors (Lipinski definition) is 4. The van der Waals surface area contributed by atoms with Gasteiger partial charge in [-0.1, -0.05) is 35.9 Å². The van der Waals surface area contributed by atoms with Gasteiger partial charge in [-0.15, -0.1) is 0 Å². The highest BCUT2D eigenvalue weighted by Gasteiger charge is 2.09. The number of nitrogens with zero attached hydrogens (tertiary/aromatic N) is 1. The minimum atomic E-state index is -0.230. The number of hydrazine groups is 1. The van der Waals surface area contributed by atoms with E-state index in [4.69, 9.17) is 17.4 Å². The van der Waals surface area contributed by atoms with Crippen LogP contribution in [0.2, 0.25) is 5.02 Å². The molecule has 0 aliphatic heterocycles. The number of halogens is 1. The van der Waals surface area contributed by atoms with Crippen LogP contribution in [0.5, 0.6) is 0 Å². The minimum Gasteiger partial charge on any atom is -0.348 e. The summed E-state index contributed by atoms with van der Waals surface area (Å²) < 4.78 is 0. The predicted octanol–water partition coefficient (Wildman–Crippen LogP) is 2.26. The monoisotopic (exact) mass is 290 g/mol. The van der Waals surface area contributed by atoms with Gasteiger partial charge in [0.05, 0.1) is 10.6 Å². The molecule has 1 aromatic heterocycles. The van der Waals surface area contributed by atoms with Crippen molar-refractivity contribution in [2.45, 2.75) is 13.5 Å². The number of aromatic nitrogens is 1. The molecular weight excluding hydrogens is 276 g/mol. The molecule has 0 saturated heterocycles. The Morgan fingerprint density at radius 3 is 2.80 bits per heavy atom. The smallest absolute Gasteiger partial charge is 0.253 e. The van der Waals surface area contributed by atoms with Crippen LogP contribution in [0, 0.1) is 6.92 Å². The highest BCUT2D eigenvalue weighted by Crippen LogP contribution is 2.19. The number of aryl methyl sites for hydroxylation is 1. The van der Waals surface area contributed by atoms with Gasteiger partial charge < -0.3 is 10.7 Å². The Labute approximate surface area is 122 Å². The molecule has 0 radical (unpaired) electrons. The van der Waals surface area contributed by atoms with Crippen LogP contribution >= 0.6 is 11.6 Å². The topological polar surface area (TPSA) is 80.0 Å². The van der Waals surface area contributed by atoms with Crippen LogP contribution in [0.1, 0.15) is 21.5 Å². The standard InChI is InChI=1S/C14H15ClN4O/c1-9-4-2-3-5-10(9)7-18-14(20)11-6-12(15)13(19-16)17-8-11/h2-6,8H,7,16H2,1H3,(H,17,19)(H,18,20). The van der Waals surface area contributed by atoms with E-state index in [1.165, 1.54) is 12.3 Å². The van der Waals surface area contributed by atoms with Crippen LogP contribution in [0.4, 0.5) is 5.82 Å². The molecule has 0 spiro atoms. The number of pyridine rings is 1. The summed E-state index contributed by atoms with van der Waals surface area (Å²) in [6, 6.07) is 9.40. The van der Waals surface area contributed by atoms with Gasteiger partial charge in [0.25, 0.3) is 5.91 Å². The zero-order valence-corrected chi connectivity index (χ0v) is 11.7. The highest BCUT2D eigenvalue weighted by atomic mass is 35.5. The fraction of sp³-hybridized carbons (Fsp3) is 0.143. The van der Waals surface area contributed by atoms with Crippen LogP contribution in [-0.2, 0) is 6.54 Å². The van der Waals surface area contributed by atoms with Crippen LogP contribution in [-0.4, -0.2) is 10.9 Å². The van der Waals surface area contributed by atoms with E-state index in [1.807, 2.05) is 31.2 Å². The highest BCUT2D eigenvalue weighted by molar-refractivity contribution is 6.33. The van der Waals surface area contributed by atoms with Crippen LogP contribution in [0.15, 0.2) is 36.5 Å². The second-order valence-electron chi connectivity index (χ2n) is 4.31. The van der Waals surface area contributed by atoms with Crippen molar-refractivity contribution in [1.29, 1.82) is 0 Å². The number of carbonyl (C=O) groups excluding carboxylic acids is 1. The zero-order chi connectivity index (χ0) is 14.5. The molecule has 0 bridgehead atoms. The molecule has 2 rings (SSSR count). The molecule has 0 aliphatic rings. The molecule has 20 heavy (non-hydrogen) atoms. The first-order valence-corrected chi connectivity index (χ1v) is 6.44. The quantitative estimate of drug-likeness (QED) is 0.596. The summed E-state index contributed by atoms with van der Waals surface area (Å²) in [6.45, 7) is 2.46. The van der Waals surface area contributed by atoms with Gasteiger partial charge in [0.2, 0.25) is 0 Å². The first-order chi connectivity index (χ1) is 9.61. The SMILES string of the molecule is Cc1ccccc1CNC(=O)c1cnc(NN)c(Cl)c1. The lowest BCUT2D eigenvalue weighted by atomic mass is 10.1. The lowest BCUT2D eigenvalue weighted by Crippen LogP contribution is -2.23. The van der Waals surface area contributed by atoms with Crippen LogP contribution in [0.25, 0.3) is 0 Å². The fourth-order valence-electron chi connectivity index (χ4n) is 1.75. The molecule has 5 nitrogen and oxygen atoms in total. The van der Waals surface area contributed by atoms with Crippen molar-refractivity contribution < 1.29 is 4.79 Å². The lowest BCUT2D eigenvalue weighted by molar-refractivity contribution is 0.0950. The molecule has 4 N–H and O–H groups in total. The molecule has 0 unspecified atom stereocenters. The molecule has 2 aromatic rings. The van der Waals surface area contributed by atoms with Gasteiger partial charge in [-0.3, -0.25) is 4.79 Å². The summed E-state index contributed by atoms with van der Waals surface area (Å²) in [4.78, 5) is 16.0. The number of hydrogen-bond donors (Lipinski definition) is 3. The van der Waals surface area contributed by atoms with Gasteiger partial charge in [-0.2, -0.15) is 0 Å². The number of amides is 1. The Kier molecular flexibility index (Phi) is 4.55. The van der Waals surface area contributed by atoms with Crippen LogP contribution in [0.3, 0.4) is 0 Å². The van der Waals surface area contributed by atoms with Gasteiger partial charge in [-0.05, 0) is 24.1 Å². The van der Waals surface area contributed by atoms with E-state index in [2.05, 4.69) is 15.7 Å². The van der Waals surface area contributed by atoms with Gasteiger partial charge in [0.1, 0.15) is 0 Å². The van der Waals surface area contributed by atoms with Crippen molar-refractivity contribution in [2.24, 2.45) is 5.84 Å². The van der Waals surface area contributed by atoms with E-state index in [-0.39, 0.29) is 5.91 Å². The number of carbonyl (C=O) groups is 1. The molecule has 104 valence electrons. The van der Waals surface area contributed by atoms with Gasteiger partial charge in [0.15, 0.2) is 5.82 Å². The Balaban J connectivity index is 2.05. The third kappa shape index (κ3) is 3.26. The molecule has 0 atom stereocenters. The zero-order valence-electron chi connectivity index (χ0n) is 11.0. The number of benzene rings is 1. The second-order valence-corrected chi connectivity index (χ2v) is 4.72. The number of nitrogens with two attached hydrogens (primary N) is 1. The Morgan fingerprint density at radius 1 is 1.40 bits per heavy atom. The number of anilines is 1. The summed E-state index contributed by atoms with van der Waals surface area (Å²) in [7, 11) is 0. The van der Waals surface area contributed by atoms with E-state index in [0.717, 1.165) is 11.1 Å². The lowest BCUT2D eigenvalue weighted by Gasteiger charge is -2.09. The number of rotatable bonds is 4. The predicted molar refractivity (Wildman–Crippen MR) is 79.4 cm³/mol. The van der Waals surface area contributed by atoms with Crippen molar-refractivity contribution in [1.82, 2.24) is 10.3 Å². The van der Waals surface area contributed by atoms with Crippen LogP contribution < -0.4 is 16.6 Å². The maximum atomic E-state index is 12.0. The van der Waals surface area contributed by atoms with Gasteiger partial charge in [0, 0.05) is 12.7 Å². The summed E-state index contributed by atoms with van der Waals surface area (Å²) in [5, 5.41) is 3.13. The molecule has 1 heterocycles.